The Morgan fingerprint density at radius 3 is 2.65 bits per heavy atom. The molecule has 2 aromatic carbocycles. The van der Waals surface area contributed by atoms with E-state index in [1.807, 2.05) is 49.4 Å². The summed E-state index contributed by atoms with van der Waals surface area (Å²) in [7, 11) is 0. The molecule has 0 aliphatic carbocycles. The zero-order chi connectivity index (χ0) is 16.5. The lowest BCUT2D eigenvalue weighted by Gasteiger charge is -2.06. The van der Waals surface area contributed by atoms with E-state index in [-0.39, 0.29) is 12.5 Å². The molecule has 120 valence electrons. The number of hydrogen-bond acceptors (Lipinski definition) is 3. The molecule has 23 heavy (non-hydrogen) atoms. The number of hydrogen-bond donors (Lipinski definition) is 2. The molecule has 0 atom stereocenters. The van der Waals surface area contributed by atoms with Crippen molar-refractivity contribution in [3.8, 4) is 0 Å². The fourth-order valence-corrected chi connectivity index (χ4v) is 2.40. The van der Waals surface area contributed by atoms with Crippen LogP contribution in [0.3, 0.4) is 0 Å². The van der Waals surface area contributed by atoms with Gasteiger partial charge in [-0.05, 0) is 43.5 Å². The Labute approximate surface area is 145 Å². The Hall–Kier alpha value is -2.14. The van der Waals surface area contributed by atoms with Gasteiger partial charge in [-0.3, -0.25) is 4.79 Å². The van der Waals surface area contributed by atoms with E-state index in [0.717, 1.165) is 28.7 Å². The summed E-state index contributed by atoms with van der Waals surface area (Å²) < 4.78 is 0.970. The Kier molecular flexibility index (Phi) is 6.81. The first-order valence-electron chi connectivity index (χ1n) is 7.49. The average molecular weight is 374 g/mol. The van der Waals surface area contributed by atoms with Crippen molar-refractivity contribution in [3.63, 3.8) is 0 Å². The number of benzene rings is 2. The third-order valence-corrected chi connectivity index (χ3v) is 3.76. The van der Waals surface area contributed by atoms with Gasteiger partial charge < -0.3 is 5.32 Å². The van der Waals surface area contributed by atoms with Gasteiger partial charge in [-0.1, -0.05) is 52.3 Å². The van der Waals surface area contributed by atoms with Gasteiger partial charge in [0.1, 0.15) is 0 Å². The SMILES string of the molecule is C/C(CCc1ccccc1)=N/NC(=O)CNc1cccc(Br)c1. The number of carbonyl (C=O) groups is 1. The molecule has 4 nitrogen and oxygen atoms in total. The van der Waals surface area contributed by atoms with Crippen molar-refractivity contribution in [1.29, 1.82) is 0 Å². The van der Waals surface area contributed by atoms with E-state index < -0.39 is 0 Å². The maximum absolute atomic E-state index is 11.8. The molecule has 0 radical (unpaired) electrons. The first-order valence-corrected chi connectivity index (χ1v) is 8.28. The zero-order valence-electron chi connectivity index (χ0n) is 13.1. The maximum Gasteiger partial charge on any atom is 0.259 e. The van der Waals surface area contributed by atoms with Gasteiger partial charge in [0.2, 0.25) is 0 Å². The maximum atomic E-state index is 11.8. The summed E-state index contributed by atoms with van der Waals surface area (Å²) in [5.41, 5.74) is 5.64. The third kappa shape index (κ3) is 6.65. The number of halogens is 1. The van der Waals surface area contributed by atoms with E-state index in [0.29, 0.717) is 0 Å². The lowest BCUT2D eigenvalue weighted by atomic mass is 10.1. The second-order valence-electron chi connectivity index (χ2n) is 5.23. The van der Waals surface area contributed by atoms with Gasteiger partial charge in [-0.25, -0.2) is 5.43 Å². The van der Waals surface area contributed by atoms with Gasteiger partial charge in [0.25, 0.3) is 5.91 Å². The molecule has 0 heterocycles. The molecule has 0 spiro atoms. The molecular weight excluding hydrogens is 354 g/mol. The number of aryl methyl sites for hydroxylation is 1. The van der Waals surface area contributed by atoms with Crippen molar-refractivity contribution >= 4 is 33.2 Å². The topological polar surface area (TPSA) is 53.5 Å². The molecule has 0 saturated heterocycles. The summed E-state index contributed by atoms with van der Waals surface area (Å²) in [6, 6.07) is 17.9. The summed E-state index contributed by atoms with van der Waals surface area (Å²) in [6.45, 7) is 2.11. The molecule has 1 amide bonds. The van der Waals surface area contributed by atoms with E-state index in [9.17, 15) is 4.79 Å². The number of nitrogens with zero attached hydrogens (tertiary/aromatic N) is 1. The Balaban J connectivity index is 1.72. The van der Waals surface area contributed by atoms with Gasteiger partial charge >= 0.3 is 0 Å². The number of rotatable bonds is 7. The second-order valence-corrected chi connectivity index (χ2v) is 6.15. The monoisotopic (exact) mass is 373 g/mol. The summed E-state index contributed by atoms with van der Waals surface area (Å²) >= 11 is 3.39. The van der Waals surface area contributed by atoms with Gasteiger partial charge in [0.15, 0.2) is 0 Å². The highest BCUT2D eigenvalue weighted by molar-refractivity contribution is 9.10. The first kappa shape index (κ1) is 17.2. The van der Waals surface area contributed by atoms with Crippen molar-refractivity contribution in [2.45, 2.75) is 19.8 Å². The molecule has 0 saturated carbocycles. The van der Waals surface area contributed by atoms with Crippen LogP contribution in [0.5, 0.6) is 0 Å². The van der Waals surface area contributed by atoms with Crippen LogP contribution in [0.4, 0.5) is 5.69 Å². The molecule has 2 N–H and O–H groups in total. The molecular formula is C18H20BrN3O. The fourth-order valence-electron chi connectivity index (χ4n) is 2.00. The van der Waals surface area contributed by atoms with Crippen LogP contribution in [0.1, 0.15) is 18.9 Å². The number of anilines is 1. The largest absolute Gasteiger partial charge is 0.376 e. The number of amides is 1. The van der Waals surface area contributed by atoms with Crippen molar-refractivity contribution < 1.29 is 4.79 Å². The zero-order valence-corrected chi connectivity index (χ0v) is 14.6. The van der Waals surface area contributed by atoms with Crippen LogP contribution in [0.2, 0.25) is 0 Å². The van der Waals surface area contributed by atoms with Crippen LogP contribution in [0, 0.1) is 0 Å². The summed E-state index contributed by atoms with van der Waals surface area (Å²) in [5.74, 6) is -0.163. The molecule has 2 aromatic rings. The number of hydrazone groups is 1. The summed E-state index contributed by atoms with van der Waals surface area (Å²) in [6.07, 6.45) is 1.74. The van der Waals surface area contributed by atoms with Crippen LogP contribution >= 0.6 is 15.9 Å². The van der Waals surface area contributed by atoms with E-state index in [1.54, 1.807) is 0 Å². The van der Waals surface area contributed by atoms with Crippen LogP contribution in [-0.4, -0.2) is 18.2 Å². The lowest BCUT2D eigenvalue weighted by Crippen LogP contribution is -2.26. The van der Waals surface area contributed by atoms with Crippen molar-refractivity contribution in [2.75, 3.05) is 11.9 Å². The van der Waals surface area contributed by atoms with Gasteiger partial charge in [0, 0.05) is 15.9 Å². The molecule has 0 aliphatic rings. The van der Waals surface area contributed by atoms with Crippen LogP contribution < -0.4 is 10.7 Å². The highest BCUT2D eigenvalue weighted by atomic mass is 79.9. The van der Waals surface area contributed by atoms with Gasteiger partial charge in [-0.2, -0.15) is 5.10 Å². The standard InChI is InChI=1S/C18H20BrN3O/c1-14(10-11-15-6-3-2-4-7-15)21-22-18(23)13-20-17-9-5-8-16(19)12-17/h2-9,12,20H,10-11,13H2,1H3,(H,22,23)/b21-14-. The van der Waals surface area contributed by atoms with Gasteiger partial charge in [-0.15, -0.1) is 0 Å². The molecule has 0 aliphatic heterocycles. The molecule has 5 heteroatoms. The normalized spacial score (nSPS) is 11.1. The van der Waals surface area contributed by atoms with Crippen molar-refractivity contribution in [2.24, 2.45) is 5.10 Å². The quantitative estimate of drug-likeness (QED) is 0.569. The van der Waals surface area contributed by atoms with Crippen LogP contribution in [0.25, 0.3) is 0 Å². The molecule has 0 fully saturated rings. The molecule has 0 bridgehead atoms. The van der Waals surface area contributed by atoms with Crippen molar-refractivity contribution in [3.05, 3.63) is 64.6 Å². The number of carbonyl (C=O) groups excluding carboxylic acids is 1. The summed E-state index contributed by atoms with van der Waals surface area (Å²) in [5, 5.41) is 7.19. The fraction of sp³-hybridized carbons (Fsp3) is 0.222. The van der Waals surface area contributed by atoms with Crippen molar-refractivity contribution in [1.82, 2.24) is 5.43 Å². The van der Waals surface area contributed by atoms with Gasteiger partial charge in [0.05, 0.1) is 6.54 Å². The second kappa shape index (κ2) is 9.10. The minimum Gasteiger partial charge on any atom is -0.376 e. The first-order chi connectivity index (χ1) is 11.1. The summed E-state index contributed by atoms with van der Waals surface area (Å²) in [4.78, 5) is 11.8. The highest BCUT2D eigenvalue weighted by Gasteiger charge is 2.01. The smallest absolute Gasteiger partial charge is 0.259 e. The molecule has 2 rings (SSSR count). The molecule has 0 aromatic heterocycles. The highest BCUT2D eigenvalue weighted by Crippen LogP contribution is 2.15. The van der Waals surface area contributed by atoms with Crippen LogP contribution in [0.15, 0.2) is 64.2 Å². The van der Waals surface area contributed by atoms with E-state index in [2.05, 4.69) is 43.9 Å². The average Bonchev–Trinajstić information content (AvgIpc) is 2.57. The Morgan fingerprint density at radius 1 is 1.13 bits per heavy atom. The predicted octanol–water partition coefficient (Wildman–Crippen LogP) is 3.99. The minimum absolute atomic E-state index is 0.163. The van der Waals surface area contributed by atoms with E-state index >= 15 is 0 Å². The Morgan fingerprint density at radius 2 is 1.91 bits per heavy atom. The third-order valence-electron chi connectivity index (χ3n) is 3.27. The Bertz CT molecular complexity index is 671. The molecule has 0 unspecified atom stereocenters. The predicted molar refractivity (Wildman–Crippen MR) is 98.6 cm³/mol. The van der Waals surface area contributed by atoms with Crippen LogP contribution in [-0.2, 0) is 11.2 Å². The number of nitrogens with one attached hydrogen (secondary N) is 2. The minimum atomic E-state index is -0.163. The van der Waals surface area contributed by atoms with E-state index in [1.165, 1.54) is 5.56 Å². The lowest BCUT2D eigenvalue weighted by molar-refractivity contribution is -0.119. The van der Waals surface area contributed by atoms with E-state index in [4.69, 9.17) is 0 Å².